The smallest absolute Gasteiger partial charge is 0.0845 e. The van der Waals surface area contributed by atoms with E-state index in [2.05, 4.69) is 0 Å². The normalized spacial score (nSPS) is 18.3. The summed E-state index contributed by atoms with van der Waals surface area (Å²) < 4.78 is 11.0. The van der Waals surface area contributed by atoms with Crippen LogP contribution in [0.5, 0.6) is 0 Å². The Kier molecular flexibility index (Phi) is 10.6. The van der Waals surface area contributed by atoms with Crippen molar-refractivity contribution in [3.8, 4) is 0 Å². The second kappa shape index (κ2) is 10.7. The van der Waals surface area contributed by atoms with Gasteiger partial charge in [0.05, 0.1) is 18.8 Å². The van der Waals surface area contributed by atoms with E-state index in [-0.39, 0.29) is 18.2 Å². The van der Waals surface area contributed by atoms with E-state index in [1.54, 1.807) is 6.92 Å². The summed E-state index contributed by atoms with van der Waals surface area (Å²) in [4.78, 5) is 0. The molecule has 0 heterocycles. The van der Waals surface area contributed by atoms with Gasteiger partial charge < -0.3 is 26.0 Å². The van der Waals surface area contributed by atoms with Crippen molar-refractivity contribution >= 4 is 0 Å². The van der Waals surface area contributed by atoms with Crippen molar-refractivity contribution in [1.82, 2.24) is 0 Å². The summed E-state index contributed by atoms with van der Waals surface area (Å²) in [7, 11) is 0. The van der Waals surface area contributed by atoms with Crippen molar-refractivity contribution in [2.24, 2.45) is 11.5 Å². The van der Waals surface area contributed by atoms with Crippen molar-refractivity contribution in [3.63, 3.8) is 0 Å². The highest BCUT2D eigenvalue weighted by atomic mass is 16.5. The molecular formula is C13H30N2O3. The largest absolute Gasteiger partial charge is 0.391 e. The van der Waals surface area contributed by atoms with Gasteiger partial charge in [0.25, 0.3) is 0 Å². The molecule has 0 aliphatic rings. The number of unbranched alkanes of at least 4 members (excludes halogenated alkanes) is 1. The molecule has 5 N–H and O–H groups in total. The van der Waals surface area contributed by atoms with Crippen molar-refractivity contribution in [2.75, 3.05) is 19.8 Å². The molecule has 0 fully saturated rings. The molecule has 0 aromatic carbocycles. The minimum absolute atomic E-state index is 0.0407. The molecule has 4 unspecified atom stereocenters. The summed E-state index contributed by atoms with van der Waals surface area (Å²) in [6, 6.07) is 0.130. The Morgan fingerprint density at radius 3 is 2.11 bits per heavy atom. The van der Waals surface area contributed by atoms with Crippen molar-refractivity contribution < 1.29 is 14.6 Å². The first-order chi connectivity index (χ1) is 8.43. The van der Waals surface area contributed by atoms with Gasteiger partial charge in [-0.25, -0.2) is 0 Å². The lowest BCUT2D eigenvalue weighted by molar-refractivity contribution is -0.0382. The van der Waals surface area contributed by atoms with Gasteiger partial charge in [-0.1, -0.05) is 0 Å². The van der Waals surface area contributed by atoms with E-state index in [0.717, 1.165) is 12.8 Å². The number of nitrogens with two attached hydrogens (primary N) is 2. The van der Waals surface area contributed by atoms with Crippen LogP contribution in [0.3, 0.4) is 0 Å². The first kappa shape index (κ1) is 17.8. The van der Waals surface area contributed by atoms with Gasteiger partial charge in [-0.05, 0) is 40.0 Å². The van der Waals surface area contributed by atoms with E-state index in [1.807, 2.05) is 13.8 Å². The molecule has 0 saturated heterocycles. The maximum absolute atomic E-state index is 9.54. The predicted molar refractivity (Wildman–Crippen MR) is 73.4 cm³/mol. The zero-order valence-corrected chi connectivity index (χ0v) is 12.0. The standard InChI is InChI=1S/C13H30N2O3/c1-10(14)8-13(12(3)16)18-7-5-4-6-17-9-11(2)15/h10-13,16H,4-9,14-15H2,1-3H3. The van der Waals surface area contributed by atoms with Crippen LogP contribution in [0, 0.1) is 0 Å². The monoisotopic (exact) mass is 262 g/mol. The molecule has 0 aliphatic heterocycles. The summed E-state index contributed by atoms with van der Waals surface area (Å²) in [5.41, 5.74) is 11.3. The van der Waals surface area contributed by atoms with E-state index >= 15 is 0 Å². The number of hydrogen-bond donors (Lipinski definition) is 3. The number of ether oxygens (including phenoxy) is 2. The molecule has 0 amide bonds. The first-order valence-corrected chi connectivity index (χ1v) is 6.82. The van der Waals surface area contributed by atoms with Gasteiger partial charge >= 0.3 is 0 Å². The van der Waals surface area contributed by atoms with E-state index < -0.39 is 6.10 Å². The molecule has 0 bridgehead atoms. The Bertz CT molecular complexity index is 187. The maximum Gasteiger partial charge on any atom is 0.0845 e. The summed E-state index contributed by atoms with van der Waals surface area (Å²) >= 11 is 0. The highest BCUT2D eigenvalue weighted by Gasteiger charge is 2.16. The van der Waals surface area contributed by atoms with Crippen molar-refractivity contribution in [2.45, 2.75) is 64.3 Å². The lowest BCUT2D eigenvalue weighted by Crippen LogP contribution is -2.33. The summed E-state index contributed by atoms with van der Waals surface area (Å²) in [5, 5.41) is 9.54. The zero-order valence-electron chi connectivity index (χ0n) is 12.0. The van der Waals surface area contributed by atoms with Gasteiger partial charge in [-0.2, -0.15) is 0 Å². The summed E-state index contributed by atoms with van der Waals surface area (Å²) in [5.74, 6) is 0. The molecule has 0 aliphatic carbocycles. The lowest BCUT2D eigenvalue weighted by Gasteiger charge is -2.22. The molecule has 0 aromatic heterocycles. The van der Waals surface area contributed by atoms with Gasteiger partial charge in [-0.3, -0.25) is 0 Å². The average Bonchev–Trinajstić information content (AvgIpc) is 2.25. The fourth-order valence-corrected chi connectivity index (χ4v) is 1.58. The Hall–Kier alpha value is -0.200. The second-order valence-corrected chi connectivity index (χ2v) is 5.12. The van der Waals surface area contributed by atoms with E-state index in [9.17, 15) is 5.11 Å². The van der Waals surface area contributed by atoms with Crippen LogP contribution in [-0.4, -0.2) is 49.2 Å². The fourth-order valence-electron chi connectivity index (χ4n) is 1.58. The molecule has 0 saturated carbocycles. The molecule has 0 spiro atoms. The predicted octanol–water partition coefficient (Wildman–Crippen LogP) is 0.634. The van der Waals surface area contributed by atoms with Crippen LogP contribution in [-0.2, 0) is 9.47 Å². The number of hydrogen-bond acceptors (Lipinski definition) is 5. The molecule has 0 aromatic rings. The van der Waals surface area contributed by atoms with Crippen LogP contribution >= 0.6 is 0 Å². The third-order valence-electron chi connectivity index (χ3n) is 2.54. The van der Waals surface area contributed by atoms with Crippen LogP contribution in [0.1, 0.15) is 40.0 Å². The summed E-state index contributed by atoms with van der Waals surface area (Å²) in [6.07, 6.45) is 1.89. The fraction of sp³-hybridized carbons (Fsp3) is 1.00. The highest BCUT2D eigenvalue weighted by Crippen LogP contribution is 2.08. The van der Waals surface area contributed by atoms with Gasteiger partial charge in [-0.15, -0.1) is 0 Å². The summed E-state index contributed by atoms with van der Waals surface area (Å²) in [6.45, 7) is 7.51. The molecule has 0 radical (unpaired) electrons. The van der Waals surface area contributed by atoms with Gasteiger partial charge in [0, 0.05) is 25.3 Å². The highest BCUT2D eigenvalue weighted by molar-refractivity contribution is 4.69. The van der Waals surface area contributed by atoms with E-state index in [4.69, 9.17) is 20.9 Å². The Labute approximate surface area is 111 Å². The Morgan fingerprint density at radius 1 is 1.00 bits per heavy atom. The van der Waals surface area contributed by atoms with Crippen molar-refractivity contribution in [3.05, 3.63) is 0 Å². The minimum atomic E-state index is -0.481. The van der Waals surface area contributed by atoms with E-state index in [0.29, 0.717) is 26.2 Å². The Balaban J connectivity index is 3.49. The van der Waals surface area contributed by atoms with Gasteiger partial charge in [0.2, 0.25) is 0 Å². The molecule has 18 heavy (non-hydrogen) atoms. The average molecular weight is 262 g/mol. The minimum Gasteiger partial charge on any atom is -0.391 e. The number of rotatable bonds is 11. The SMILES string of the molecule is CC(N)COCCCCOC(CC(C)N)C(C)O. The van der Waals surface area contributed by atoms with Gasteiger partial charge in [0.1, 0.15) is 0 Å². The van der Waals surface area contributed by atoms with Crippen LogP contribution in [0.2, 0.25) is 0 Å². The molecule has 4 atom stereocenters. The van der Waals surface area contributed by atoms with Crippen LogP contribution in [0.15, 0.2) is 0 Å². The maximum atomic E-state index is 9.54. The quantitative estimate of drug-likeness (QED) is 0.475. The Morgan fingerprint density at radius 2 is 1.61 bits per heavy atom. The number of aliphatic hydroxyl groups excluding tert-OH is 1. The first-order valence-electron chi connectivity index (χ1n) is 6.82. The van der Waals surface area contributed by atoms with E-state index in [1.165, 1.54) is 0 Å². The molecule has 5 nitrogen and oxygen atoms in total. The third-order valence-corrected chi connectivity index (χ3v) is 2.54. The zero-order chi connectivity index (χ0) is 14.0. The lowest BCUT2D eigenvalue weighted by atomic mass is 10.1. The molecule has 110 valence electrons. The van der Waals surface area contributed by atoms with Crippen LogP contribution < -0.4 is 11.5 Å². The topological polar surface area (TPSA) is 90.7 Å². The van der Waals surface area contributed by atoms with Crippen molar-refractivity contribution in [1.29, 1.82) is 0 Å². The van der Waals surface area contributed by atoms with Crippen LogP contribution in [0.4, 0.5) is 0 Å². The molecule has 0 rings (SSSR count). The molecular weight excluding hydrogens is 232 g/mol. The third kappa shape index (κ3) is 10.9. The second-order valence-electron chi connectivity index (χ2n) is 5.12. The number of aliphatic hydroxyl groups is 1. The van der Waals surface area contributed by atoms with Gasteiger partial charge in [0.15, 0.2) is 0 Å². The van der Waals surface area contributed by atoms with Crippen LogP contribution in [0.25, 0.3) is 0 Å². The molecule has 5 heteroatoms.